The molecule has 1 nitrogen and oxygen atoms in total. The molecular weight excluding hydrogens is 322 g/mol. The van der Waals surface area contributed by atoms with E-state index in [1.807, 2.05) is 0 Å². The average Bonchev–Trinajstić information content (AvgIpc) is 2.67. The van der Waals surface area contributed by atoms with Crippen LogP contribution in [0.3, 0.4) is 0 Å². The Morgan fingerprint density at radius 1 is 1.10 bits per heavy atom. The maximum absolute atomic E-state index is 3.72. The van der Waals surface area contributed by atoms with Gasteiger partial charge in [-0.3, -0.25) is 0 Å². The van der Waals surface area contributed by atoms with Crippen molar-refractivity contribution in [3.05, 3.63) is 34.3 Å². The first-order valence-corrected chi connectivity index (χ1v) is 9.40. The molecule has 0 saturated heterocycles. The molecule has 1 aliphatic carbocycles. The molecule has 1 N–H and O–H groups in total. The van der Waals surface area contributed by atoms with Crippen molar-refractivity contribution in [3.63, 3.8) is 0 Å². The van der Waals surface area contributed by atoms with E-state index < -0.39 is 0 Å². The predicted molar refractivity (Wildman–Crippen MR) is 95.6 cm³/mol. The van der Waals surface area contributed by atoms with Crippen LogP contribution >= 0.6 is 15.9 Å². The van der Waals surface area contributed by atoms with Gasteiger partial charge in [0.25, 0.3) is 0 Å². The van der Waals surface area contributed by atoms with Gasteiger partial charge in [-0.2, -0.15) is 0 Å². The van der Waals surface area contributed by atoms with E-state index in [0.717, 1.165) is 24.3 Å². The summed E-state index contributed by atoms with van der Waals surface area (Å²) in [6.45, 7) is 6.93. The molecule has 2 heteroatoms. The number of nitrogens with one attached hydrogen (secondary N) is 1. The van der Waals surface area contributed by atoms with Crippen molar-refractivity contribution in [3.8, 4) is 0 Å². The molecule has 0 radical (unpaired) electrons. The van der Waals surface area contributed by atoms with Gasteiger partial charge in [-0.05, 0) is 61.7 Å². The molecule has 0 aliphatic heterocycles. The van der Waals surface area contributed by atoms with Crippen molar-refractivity contribution in [1.82, 2.24) is 5.32 Å². The smallest absolute Gasteiger partial charge is 0.0207 e. The van der Waals surface area contributed by atoms with Crippen LogP contribution in [0.4, 0.5) is 0 Å². The maximum Gasteiger partial charge on any atom is 0.0207 e. The minimum atomic E-state index is 0.748. The standard InChI is InChI=1S/C19H30BrN/c1-15(2)13-21-14-18-10-5-3-4-8-16(18)12-17-9-6-7-11-19(17)20/h6-7,9,11,15-16,18,21H,3-5,8,10,12-14H2,1-2H3. The third kappa shape index (κ3) is 5.75. The van der Waals surface area contributed by atoms with Crippen molar-refractivity contribution in [2.45, 2.75) is 52.4 Å². The van der Waals surface area contributed by atoms with Crippen LogP contribution < -0.4 is 5.32 Å². The number of halogens is 1. The minimum Gasteiger partial charge on any atom is -0.316 e. The fourth-order valence-electron chi connectivity index (χ4n) is 3.50. The van der Waals surface area contributed by atoms with Crippen LogP contribution in [0, 0.1) is 17.8 Å². The molecule has 2 rings (SSSR count). The highest BCUT2D eigenvalue weighted by molar-refractivity contribution is 9.10. The van der Waals surface area contributed by atoms with Gasteiger partial charge >= 0.3 is 0 Å². The molecule has 2 atom stereocenters. The second-order valence-corrected chi connectivity index (χ2v) is 7.86. The molecule has 0 spiro atoms. The summed E-state index contributed by atoms with van der Waals surface area (Å²) in [6.07, 6.45) is 8.29. The van der Waals surface area contributed by atoms with Crippen molar-refractivity contribution in [2.24, 2.45) is 17.8 Å². The first-order valence-electron chi connectivity index (χ1n) is 8.61. The summed E-state index contributed by atoms with van der Waals surface area (Å²) in [5.74, 6) is 2.43. The fourth-order valence-corrected chi connectivity index (χ4v) is 3.95. The van der Waals surface area contributed by atoms with E-state index in [9.17, 15) is 0 Å². The fraction of sp³-hybridized carbons (Fsp3) is 0.684. The Labute approximate surface area is 139 Å². The highest BCUT2D eigenvalue weighted by Gasteiger charge is 2.24. The van der Waals surface area contributed by atoms with Gasteiger partial charge in [0.15, 0.2) is 0 Å². The first kappa shape index (κ1) is 17.0. The van der Waals surface area contributed by atoms with Gasteiger partial charge in [0.05, 0.1) is 0 Å². The molecule has 1 aromatic carbocycles. The number of hydrogen-bond acceptors (Lipinski definition) is 1. The lowest BCUT2D eigenvalue weighted by Crippen LogP contribution is -2.31. The molecule has 1 fully saturated rings. The maximum atomic E-state index is 3.72. The Hall–Kier alpha value is -0.340. The molecule has 0 bridgehead atoms. The van der Waals surface area contributed by atoms with Crippen LogP contribution in [0.1, 0.15) is 51.5 Å². The first-order chi connectivity index (χ1) is 10.2. The van der Waals surface area contributed by atoms with Crippen LogP contribution in [0.25, 0.3) is 0 Å². The Balaban J connectivity index is 1.96. The molecule has 21 heavy (non-hydrogen) atoms. The van der Waals surface area contributed by atoms with Gasteiger partial charge in [-0.1, -0.05) is 67.2 Å². The van der Waals surface area contributed by atoms with Crippen LogP contribution in [0.15, 0.2) is 28.7 Å². The third-order valence-corrected chi connectivity index (χ3v) is 5.49. The Bertz CT molecular complexity index is 416. The molecule has 2 unspecified atom stereocenters. The van der Waals surface area contributed by atoms with E-state index in [2.05, 4.69) is 59.4 Å². The van der Waals surface area contributed by atoms with E-state index in [1.165, 1.54) is 55.1 Å². The van der Waals surface area contributed by atoms with Gasteiger partial charge in [-0.25, -0.2) is 0 Å². The Morgan fingerprint density at radius 2 is 1.81 bits per heavy atom. The minimum absolute atomic E-state index is 0.748. The molecular formula is C19H30BrN. The summed E-state index contributed by atoms with van der Waals surface area (Å²) in [5.41, 5.74) is 1.48. The lowest BCUT2D eigenvalue weighted by molar-refractivity contribution is 0.293. The Morgan fingerprint density at radius 3 is 2.52 bits per heavy atom. The van der Waals surface area contributed by atoms with E-state index in [-0.39, 0.29) is 0 Å². The molecule has 0 heterocycles. The molecule has 1 saturated carbocycles. The van der Waals surface area contributed by atoms with Crippen LogP contribution in [0.5, 0.6) is 0 Å². The molecule has 118 valence electrons. The molecule has 0 amide bonds. The lowest BCUT2D eigenvalue weighted by atomic mass is 9.83. The lowest BCUT2D eigenvalue weighted by Gasteiger charge is -2.26. The van der Waals surface area contributed by atoms with Crippen molar-refractivity contribution in [2.75, 3.05) is 13.1 Å². The zero-order chi connectivity index (χ0) is 15.1. The monoisotopic (exact) mass is 351 g/mol. The largest absolute Gasteiger partial charge is 0.316 e. The van der Waals surface area contributed by atoms with Gasteiger partial charge < -0.3 is 5.32 Å². The zero-order valence-corrected chi connectivity index (χ0v) is 15.2. The highest BCUT2D eigenvalue weighted by atomic mass is 79.9. The number of hydrogen-bond donors (Lipinski definition) is 1. The van der Waals surface area contributed by atoms with Crippen molar-refractivity contribution < 1.29 is 0 Å². The summed E-state index contributed by atoms with van der Waals surface area (Å²) in [7, 11) is 0. The average molecular weight is 352 g/mol. The second-order valence-electron chi connectivity index (χ2n) is 7.01. The van der Waals surface area contributed by atoms with Crippen molar-refractivity contribution >= 4 is 15.9 Å². The van der Waals surface area contributed by atoms with Crippen molar-refractivity contribution in [1.29, 1.82) is 0 Å². The van der Waals surface area contributed by atoms with E-state index in [1.54, 1.807) is 0 Å². The van der Waals surface area contributed by atoms with Crippen LogP contribution in [0.2, 0.25) is 0 Å². The second kappa shape index (κ2) is 8.95. The Kier molecular flexibility index (Phi) is 7.25. The number of rotatable bonds is 6. The normalized spacial score (nSPS) is 23.2. The van der Waals surface area contributed by atoms with Crippen LogP contribution in [-0.4, -0.2) is 13.1 Å². The van der Waals surface area contributed by atoms with Gasteiger partial charge in [0, 0.05) is 4.47 Å². The number of benzene rings is 1. The third-order valence-electron chi connectivity index (χ3n) is 4.72. The summed E-state index contributed by atoms with van der Waals surface area (Å²) >= 11 is 3.72. The summed E-state index contributed by atoms with van der Waals surface area (Å²) in [6, 6.07) is 8.75. The van der Waals surface area contributed by atoms with Gasteiger partial charge in [0.2, 0.25) is 0 Å². The topological polar surface area (TPSA) is 12.0 Å². The zero-order valence-electron chi connectivity index (χ0n) is 13.6. The quantitative estimate of drug-likeness (QED) is 0.673. The SMILES string of the molecule is CC(C)CNCC1CCCCCC1Cc1ccccc1Br. The summed E-state index contributed by atoms with van der Waals surface area (Å²) in [5, 5.41) is 3.70. The molecule has 1 aromatic rings. The molecule has 0 aromatic heterocycles. The van der Waals surface area contributed by atoms with Gasteiger partial charge in [0.1, 0.15) is 0 Å². The van der Waals surface area contributed by atoms with E-state index in [0.29, 0.717) is 0 Å². The summed E-state index contributed by atoms with van der Waals surface area (Å²) in [4.78, 5) is 0. The van der Waals surface area contributed by atoms with Crippen LogP contribution in [-0.2, 0) is 6.42 Å². The van der Waals surface area contributed by atoms with E-state index >= 15 is 0 Å². The van der Waals surface area contributed by atoms with Gasteiger partial charge in [-0.15, -0.1) is 0 Å². The highest BCUT2D eigenvalue weighted by Crippen LogP contribution is 2.32. The predicted octanol–water partition coefficient (Wildman–Crippen LogP) is 5.43. The summed E-state index contributed by atoms with van der Waals surface area (Å²) < 4.78 is 1.28. The van der Waals surface area contributed by atoms with E-state index in [4.69, 9.17) is 0 Å². The molecule has 1 aliphatic rings.